The number of thiophene rings is 1. The molecule has 5 aromatic rings. The normalized spacial score (nSPS) is 13.0. The number of hydrogen-bond donors (Lipinski definition) is 4. The van der Waals surface area contributed by atoms with E-state index in [1.807, 2.05) is 24.4 Å². The topological polar surface area (TPSA) is 89.0 Å². The van der Waals surface area contributed by atoms with Crippen LogP contribution >= 0.6 is 22.7 Å². The molecule has 6 rings (SSSR count). The molecule has 3 heterocycles. The van der Waals surface area contributed by atoms with E-state index in [1.54, 1.807) is 11.3 Å². The summed E-state index contributed by atoms with van der Waals surface area (Å²) in [5, 5.41) is 14.0. The number of thiazole rings is 1. The van der Waals surface area contributed by atoms with E-state index in [2.05, 4.69) is 116 Å². The summed E-state index contributed by atoms with van der Waals surface area (Å²) in [4.78, 5) is 7.14. The van der Waals surface area contributed by atoms with Gasteiger partial charge in [0.2, 0.25) is 5.13 Å². The molecule has 4 N–H and O–H groups in total. The second kappa shape index (κ2) is 14.6. The number of aromatic nitrogens is 1. The van der Waals surface area contributed by atoms with Gasteiger partial charge in [-0.15, -0.1) is 21.6 Å². The number of nitrogens with zero attached hydrogens (tertiary/aromatic N) is 4. The van der Waals surface area contributed by atoms with Crippen molar-refractivity contribution in [2.45, 2.75) is 52.9 Å². The molecular weight excluding hydrogens is 597 g/mol. The van der Waals surface area contributed by atoms with E-state index in [0.29, 0.717) is 5.13 Å². The lowest BCUT2D eigenvalue weighted by Gasteiger charge is -2.15. The molecule has 0 aliphatic carbocycles. The Morgan fingerprint density at radius 3 is 2.31 bits per heavy atom. The van der Waals surface area contributed by atoms with Gasteiger partial charge in [-0.2, -0.15) is 0 Å². The highest BCUT2D eigenvalue weighted by molar-refractivity contribution is 7.20. The number of aryl methyl sites for hydroxylation is 3. The summed E-state index contributed by atoms with van der Waals surface area (Å²) in [6.07, 6.45) is 6.12. The summed E-state index contributed by atoms with van der Waals surface area (Å²) in [6.45, 7) is 8.67. The van der Waals surface area contributed by atoms with Crippen molar-refractivity contribution in [1.29, 1.82) is 0 Å². The third-order valence-electron chi connectivity index (χ3n) is 7.91. The smallest absolute Gasteiger partial charge is 0.230 e. The summed E-state index contributed by atoms with van der Waals surface area (Å²) in [5.41, 5.74) is 22.6. The predicted molar refractivity (Wildman–Crippen MR) is 193 cm³/mol. The summed E-state index contributed by atoms with van der Waals surface area (Å²) in [7, 11) is 0. The molecule has 1 fully saturated rings. The van der Waals surface area contributed by atoms with Crippen LogP contribution in [0.4, 0.5) is 37.9 Å². The Kier molecular flexibility index (Phi) is 9.92. The van der Waals surface area contributed by atoms with Crippen molar-refractivity contribution in [3.63, 3.8) is 0 Å². The molecule has 0 spiro atoms. The van der Waals surface area contributed by atoms with Crippen molar-refractivity contribution < 1.29 is 0 Å². The fourth-order valence-corrected chi connectivity index (χ4v) is 6.82. The molecule has 232 valence electrons. The lowest BCUT2D eigenvalue weighted by molar-refractivity contribution is 0.795. The van der Waals surface area contributed by atoms with Gasteiger partial charge < -0.3 is 21.2 Å². The second-order valence-electron chi connectivity index (χ2n) is 11.4. The van der Waals surface area contributed by atoms with Crippen LogP contribution in [0.3, 0.4) is 0 Å². The third kappa shape index (κ3) is 8.01. The summed E-state index contributed by atoms with van der Waals surface area (Å²) >= 11 is 3.29. The maximum absolute atomic E-state index is 4.68. The molecule has 1 saturated heterocycles. The van der Waals surface area contributed by atoms with Crippen molar-refractivity contribution in [1.82, 2.24) is 4.98 Å². The minimum absolute atomic E-state index is 0.647. The van der Waals surface area contributed by atoms with E-state index in [1.165, 1.54) is 47.6 Å². The van der Waals surface area contributed by atoms with Crippen LogP contribution in [0, 0.1) is 13.8 Å². The van der Waals surface area contributed by atoms with Crippen LogP contribution in [0.5, 0.6) is 0 Å². The molecule has 8 nitrogen and oxygen atoms in total. The summed E-state index contributed by atoms with van der Waals surface area (Å²) in [6, 6.07) is 25.3. The van der Waals surface area contributed by atoms with E-state index in [0.717, 1.165) is 69.6 Å². The lowest BCUT2D eigenvalue weighted by Crippen LogP contribution is -2.15. The average Bonchev–Trinajstić information content (AvgIpc) is 3.85. The Morgan fingerprint density at radius 2 is 1.56 bits per heavy atom. The van der Waals surface area contributed by atoms with Gasteiger partial charge in [0, 0.05) is 24.0 Å². The van der Waals surface area contributed by atoms with Gasteiger partial charge >= 0.3 is 0 Å². The Morgan fingerprint density at radius 1 is 0.800 bits per heavy atom. The van der Waals surface area contributed by atoms with Gasteiger partial charge in [0.15, 0.2) is 0 Å². The highest BCUT2D eigenvalue weighted by atomic mass is 32.1. The van der Waals surface area contributed by atoms with Gasteiger partial charge in [-0.25, -0.2) is 4.98 Å². The van der Waals surface area contributed by atoms with Gasteiger partial charge in [-0.3, -0.25) is 5.43 Å². The zero-order valence-electron chi connectivity index (χ0n) is 26.1. The summed E-state index contributed by atoms with van der Waals surface area (Å²) in [5.74, 6) is 0. The first-order valence-corrected chi connectivity index (χ1v) is 17.3. The highest BCUT2D eigenvalue weighted by Gasteiger charge is 2.14. The Labute approximate surface area is 273 Å². The maximum atomic E-state index is 4.68. The molecule has 0 atom stereocenters. The average molecular weight is 637 g/mol. The number of benzene rings is 3. The van der Waals surface area contributed by atoms with Crippen LogP contribution in [-0.2, 0) is 6.42 Å². The number of azo groups is 1. The molecule has 3 aromatic carbocycles. The Bertz CT molecular complexity index is 1730. The number of rotatable bonds is 13. The van der Waals surface area contributed by atoms with Crippen LogP contribution < -0.4 is 26.6 Å². The fourth-order valence-electron chi connectivity index (χ4n) is 5.27. The van der Waals surface area contributed by atoms with Gasteiger partial charge in [0.1, 0.15) is 5.00 Å². The number of hydrogen-bond acceptors (Lipinski definition) is 10. The zero-order valence-corrected chi connectivity index (χ0v) is 27.7. The monoisotopic (exact) mass is 636 g/mol. The quantitative estimate of drug-likeness (QED) is 0.0760. The first kappa shape index (κ1) is 30.6. The molecule has 10 heteroatoms. The standard InChI is InChI=1S/C35H40N8S2/c1-4-5-8-26-9-11-27(12-10-26)32-23-44-35(36-32)42-40-31-16-13-28(21-25(31)3)37-39-30-15-14-29(22-24(30)2)38-41-33-17-18-34(45-33)43-19-6-7-20-43/h9-18,21-23,37-39,41H,4-8,19-20H2,1-3H3/b42-40+. The SMILES string of the molecule is CCCCc1ccc(-c2csc(/N=N/c3ccc(NNc4ccc(NNc5ccc(N6CCCC6)s5)cc4C)cc3C)n2)cc1. The molecule has 0 bridgehead atoms. The maximum Gasteiger partial charge on any atom is 0.230 e. The van der Waals surface area contributed by atoms with Crippen LogP contribution in [0.15, 0.2) is 88.4 Å². The highest BCUT2D eigenvalue weighted by Crippen LogP contribution is 2.33. The van der Waals surface area contributed by atoms with Gasteiger partial charge in [-0.05, 0) is 105 Å². The van der Waals surface area contributed by atoms with Crippen LogP contribution in [0.2, 0.25) is 0 Å². The number of nitrogens with one attached hydrogen (secondary N) is 4. The zero-order chi connectivity index (χ0) is 31.0. The van der Waals surface area contributed by atoms with E-state index in [-0.39, 0.29) is 0 Å². The largest absolute Gasteiger partial charge is 0.363 e. The van der Waals surface area contributed by atoms with Crippen LogP contribution in [-0.4, -0.2) is 18.1 Å². The van der Waals surface area contributed by atoms with E-state index < -0.39 is 0 Å². The minimum atomic E-state index is 0.647. The van der Waals surface area contributed by atoms with Gasteiger partial charge in [-0.1, -0.05) is 48.9 Å². The predicted octanol–water partition coefficient (Wildman–Crippen LogP) is 10.7. The Hall–Kier alpha value is -4.41. The molecule has 0 radical (unpaired) electrons. The molecule has 2 aromatic heterocycles. The molecule has 0 unspecified atom stereocenters. The molecule has 45 heavy (non-hydrogen) atoms. The van der Waals surface area contributed by atoms with Gasteiger partial charge in [0.05, 0.1) is 33.4 Å². The lowest BCUT2D eigenvalue weighted by atomic mass is 10.1. The van der Waals surface area contributed by atoms with Crippen molar-refractivity contribution in [2.24, 2.45) is 10.2 Å². The van der Waals surface area contributed by atoms with Gasteiger partial charge in [0.25, 0.3) is 0 Å². The third-order valence-corrected chi connectivity index (χ3v) is 9.69. The number of hydrazine groups is 2. The van der Waals surface area contributed by atoms with E-state index in [9.17, 15) is 0 Å². The molecule has 1 aliphatic heterocycles. The molecule has 0 saturated carbocycles. The van der Waals surface area contributed by atoms with E-state index in [4.69, 9.17) is 0 Å². The number of anilines is 5. The first-order valence-electron chi connectivity index (χ1n) is 15.6. The van der Waals surface area contributed by atoms with Crippen LogP contribution in [0.1, 0.15) is 49.3 Å². The van der Waals surface area contributed by atoms with E-state index >= 15 is 0 Å². The van der Waals surface area contributed by atoms with Crippen molar-refractivity contribution in [2.75, 3.05) is 39.7 Å². The van der Waals surface area contributed by atoms with Crippen molar-refractivity contribution in [3.05, 3.63) is 94.9 Å². The van der Waals surface area contributed by atoms with Crippen molar-refractivity contribution in [3.8, 4) is 11.3 Å². The first-order chi connectivity index (χ1) is 22.0. The Balaban J connectivity index is 1.00. The summed E-state index contributed by atoms with van der Waals surface area (Å²) < 4.78 is 0. The molecular formula is C35H40N8S2. The molecule has 1 aliphatic rings. The molecule has 0 amide bonds. The van der Waals surface area contributed by atoms with Crippen molar-refractivity contribution >= 4 is 60.6 Å². The fraction of sp³-hybridized carbons (Fsp3) is 0.286. The number of unbranched alkanes of at least 4 members (excludes halogenated alkanes) is 1. The minimum Gasteiger partial charge on any atom is -0.363 e. The van der Waals surface area contributed by atoms with Crippen LogP contribution in [0.25, 0.3) is 11.3 Å². The second-order valence-corrected chi connectivity index (χ2v) is 13.3.